The largest absolute Gasteiger partial charge is 0.350 e. The molecule has 1 unspecified atom stereocenters. The molecule has 140 valence electrons. The molecule has 0 spiro atoms. The number of nitrogens with zero attached hydrogens (tertiary/aromatic N) is 1. The van der Waals surface area contributed by atoms with E-state index >= 15 is 0 Å². The van der Waals surface area contributed by atoms with Crippen molar-refractivity contribution in [2.45, 2.75) is 12.3 Å². The molecule has 1 heterocycles. The van der Waals surface area contributed by atoms with E-state index in [1.807, 2.05) is 49.5 Å². The molecular weight excluding hydrogens is 351 g/mol. The molecule has 0 saturated carbocycles. The Morgan fingerprint density at radius 1 is 0.964 bits per heavy atom. The Balaban J connectivity index is 1.70. The van der Waals surface area contributed by atoms with Gasteiger partial charge in [-0.2, -0.15) is 0 Å². The first-order valence-electron chi connectivity index (χ1n) is 9.27. The smallest absolute Gasteiger partial charge is 0.225 e. The predicted octanol–water partition coefficient (Wildman–Crippen LogP) is 5.48. The number of aromatic nitrogens is 1. The van der Waals surface area contributed by atoms with Gasteiger partial charge in [0.05, 0.1) is 5.69 Å². The van der Waals surface area contributed by atoms with Crippen molar-refractivity contribution in [2.24, 2.45) is 7.05 Å². The molecule has 0 aliphatic carbocycles. The summed E-state index contributed by atoms with van der Waals surface area (Å²) in [4.78, 5) is 12.8. The van der Waals surface area contributed by atoms with E-state index in [0.717, 1.165) is 22.0 Å². The number of carbonyl (C=O) groups excluding carboxylic acids is 1. The summed E-state index contributed by atoms with van der Waals surface area (Å²) in [5.74, 6) is -0.775. The topological polar surface area (TPSA) is 34.0 Å². The maximum Gasteiger partial charge on any atom is 0.225 e. The van der Waals surface area contributed by atoms with Crippen LogP contribution in [-0.2, 0) is 11.8 Å². The van der Waals surface area contributed by atoms with E-state index in [1.54, 1.807) is 18.2 Å². The number of halogens is 1. The minimum absolute atomic E-state index is 0.126. The van der Waals surface area contributed by atoms with Crippen LogP contribution in [0.25, 0.3) is 10.9 Å². The van der Waals surface area contributed by atoms with Crippen LogP contribution in [0, 0.1) is 5.82 Å². The van der Waals surface area contributed by atoms with Gasteiger partial charge in [-0.25, -0.2) is 4.39 Å². The second-order valence-corrected chi connectivity index (χ2v) is 6.91. The minimum Gasteiger partial charge on any atom is -0.350 e. The average Bonchev–Trinajstić information content (AvgIpc) is 3.05. The number of fused-ring (bicyclic) bond motifs is 1. The molecule has 1 N–H and O–H groups in total. The van der Waals surface area contributed by atoms with E-state index in [-0.39, 0.29) is 23.9 Å². The van der Waals surface area contributed by atoms with Crippen LogP contribution < -0.4 is 5.32 Å². The van der Waals surface area contributed by atoms with Crippen LogP contribution in [0.3, 0.4) is 0 Å². The number of nitrogens with one attached hydrogen (secondary N) is 1. The molecule has 0 fully saturated rings. The SMILES string of the molecule is Cn1cc(C(CC(=O)Nc2ccccc2F)c2ccccc2)c2ccccc21. The molecular formula is C24H21FN2O. The lowest BCUT2D eigenvalue weighted by Gasteiger charge is -2.17. The van der Waals surface area contributed by atoms with Crippen molar-refractivity contribution in [2.75, 3.05) is 5.32 Å². The summed E-state index contributed by atoms with van der Waals surface area (Å²) in [6.07, 6.45) is 2.31. The Bertz CT molecular complexity index is 1120. The van der Waals surface area contributed by atoms with Gasteiger partial charge in [-0.3, -0.25) is 4.79 Å². The van der Waals surface area contributed by atoms with Crippen LogP contribution in [-0.4, -0.2) is 10.5 Å². The Labute approximate surface area is 163 Å². The van der Waals surface area contributed by atoms with Crippen LogP contribution in [0.15, 0.2) is 85.1 Å². The van der Waals surface area contributed by atoms with Gasteiger partial charge in [0.15, 0.2) is 0 Å². The van der Waals surface area contributed by atoms with Crippen LogP contribution in [0.5, 0.6) is 0 Å². The molecule has 0 bridgehead atoms. The lowest BCUT2D eigenvalue weighted by atomic mass is 9.88. The molecule has 28 heavy (non-hydrogen) atoms. The first-order valence-corrected chi connectivity index (χ1v) is 9.27. The molecule has 1 amide bonds. The lowest BCUT2D eigenvalue weighted by Crippen LogP contribution is -2.17. The quantitative estimate of drug-likeness (QED) is 0.495. The summed E-state index contributed by atoms with van der Waals surface area (Å²) in [5.41, 5.74) is 3.47. The van der Waals surface area contributed by atoms with Crippen molar-refractivity contribution in [1.29, 1.82) is 0 Å². The molecule has 0 saturated heterocycles. The van der Waals surface area contributed by atoms with E-state index in [0.29, 0.717) is 0 Å². The molecule has 3 nitrogen and oxygen atoms in total. The maximum atomic E-state index is 13.9. The summed E-state index contributed by atoms with van der Waals surface area (Å²) in [6.45, 7) is 0. The molecule has 0 radical (unpaired) electrons. The molecule has 4 aromatic rings. The van der Waals surface area contributed by atoms with E-state index in [9.17, 15) is 9.18 Å². The van der Waals surface area contributed by atoms with Gasteiger partial charge >= 0.3 is 0 Å². The van der Waals surface area contributed by atoms with Crippen molar-refractivity contribution in [3.05, 3.63) is 102 Å². The van der Waals surface area contributed by atoms with E-state index in [4.69, 9.17) is 0 Å². The van der Waals surface area contributed by atoms with Gasteiger partial charge in [-0.15, -0.1) is 0 Å². The fraction of sp³-hybridized carbons (Fsp3) is 0.125. The number of carbonyl (C=O) groups is 1. The zero-order valence-corrected chi connectivity index (χ0v) is 15.6. The van der Waals surface area contributed by atoms with E-state index in [1.165, 1.54) is 6.07 Å². The predicted molar refractivity (Wildman–Crippen MR) is 111 cm³/mol. The zero-order chi connectivity index (χ0) is 19.5. The highest BCUT2D eigenvalue weighted by molar-refractivity contribution is 5.93. The fourth-order valence-corrected chi connectivity index (χ4v) is 3.69. The standard InChI is InChI=1S/C24H21FN2O/c1-27-16-20(18-11-5-8-14-23(18)27)19(17-9-3-2-4-10-17)15-24(28)26-22-13-7-6-12-21(22)25/h2-14,16,19H,15H2,1H3,(H,26,28). The summed E-state index contributed by atoms with van der Waals surface area (Å²) in [7, 11) is 2.01. The summed E-state index contributed by atoms with van der Waals surface area (Å²) >= 11 is 0. The molecule has 1 atom stereocenters. The third kappa shape index (κ3) is 3.54. The Hall–Kier alpha value is -3.40. The third-order valence-electron chi connectivity index (χ3n) is 5.04. The van der Waals surface area contributed by atoms with Gasteiger partial charge in [-0.1, -0.05) is 60.7 Å². The number of benzene rings is 3. The normalized spacial score (nSPS) is 12.1. The van der Waals surface area contributed by atoms with E-state index < -0.39 is 5.82 Å². The maximum absolute atomic E-state index is 13.9. The molecule has 4 rings (SSSR count). The molecule has 3 aromatic carbocycles. The summed E-state index contributed by atoms with van der Waals surface area (Å²) < 4.78 is 16.0. The second kappa shape index (κ2) is 7.69. The number of rotatable bonds is 5. The second-order valence-electron chi connectivity index (χ2n) is 6.91. The van der Waals surface area contributed by atoms with Gasteiger partial charge in [0.1, 0.15) is 5.82 Å². The highest BCUT2D eigenvalue weighted by Crippen LogP contribution is 2.34. The molecule has 0 aliphatic heterocycles. The fourth-order valence-electron chi connectivity index (χ4n) is 3.69. The van der Waals surface area contributed by atoms with Gasteiger partial charge in [0, 0.05) is 36.5 Å². The summed E-state index contributed by atoms with van der Waals surface area (Å²) in [6, 6.07) is 24.4. The number of anilines is 1. The van der Waals surface area contributed by atoms with E-state index in [2.05, 4.69) is 28.2 Å². The Morgan fingerprint density at radius 2 is 1.64 bits per heavy atom. The highest BCUT2D eigenvalue weighted by atomic mass is 19.1. The minimum atomic E-state index is -0.433. The molecule has 0 aliphatic rings. The first kappa shape index (κ1) is 18.0. The Kier molecular flexibility index (Phi) is 4.94. The van der Waals surface area contributed by atoms with Crippen LogP contribution in [0.4, 0.5) is 10.1 Å². The van der Waals surface area contributed by atoms with Crippen molar-refractivity contribution in [1.82, 2.24) is 4.57 Å². The first-order chi connectivity index (χ1) is 13.6. The van der Waals surface area contributed by atoms with Crippen LogP contribution in [0.1, 0.15) is 23.5 Å². The average molecular weight is 372 g/mol. The summed E-state index contributed by atoms with van der Waals surface area (Å²) in [5, 5.41) is 3.84. The van der Waals surface area contributed by atoms with Crippen LogP contribution >= 0.6 is 0 Å². The van der Waals surface area contributed by atoms with Crippen molar-refractivity contribution in [3.63, 3.8) is 0 Å². The number of aryl methyl sites for hydroxylation is 1. The number of amides is 1. The molecule has 1 aromatic heterocycles. The van der Waals surface area contributed by atoms with Crippen LogP contribution in [0.2, 0.25) is 0 Å². The van der Waals surface area contributed by atoms with Crippen molar-refractivity contribution >= 4 is 22.5 Å². The lowest BCUT2D eigenvalue weighted by molar-refractivity contribution is -0.116. The van der Waals surface area contributed by atoms with Gasteiger partial charge < -0.3 is 9.88 Å². The monoisotopic (exact) mass is 372 g/mol. The third-order valence-corrected chi connectivity index (χ3v) is 5.04. The van der Waals surface area contributed by atoms with Gasteiger partial charge in [0.25, 0.3) is 0 Å². The van der Waals surface area contributed by atoms with Gasteiger partial charge in [0.2, 0.25) is 5.91 Å². The van der Waals surface area contributed by atoms with Crippen molar-refractivity contribution in [3.8, 4) is 0 Å². The number of hydrogen-bond donors (Lipinski definition) is 1. The molecule has 4 heteroatoms. The Morgan fingerprint density at radius 3 is 2.43 bits per heavy atom. The van der Waals surface area contributed by atoms with Gasteiger partial charge in [-0.05, 0) is 29.3 Å². The zero-order valence-electron chi connectivity index (χ0n) is 15.6. The number of para-hydroxylation sites is 2. The highest BCUT2D eigenvalue weighted by Gasteiger charge is 2.22. The number of hydrogen-bond acceptors (Lipinski definition) is 1. The van der Waals surface area contributed by atoms with Crippen molar-refractivity contribution < 1.29 is 9.18 Å².